The molecule has 2 aliphatic rings. The van der Waals surface area contributed by atoms with Crippen molar-refractivity contribution in [3.63, 3.8) is 0 Å². The highest BCUT2D eigenvalue weighted by Crippen LogP contribution is 2.41. The van der Waals surface area contributed by atoms with E-state index in [1.165, 1.54) is 13.2 Å². The quantitative estimate of drug-likeness (QED) is 0.482. The van der Waals surface area contributed by atoms with Gasteiger partial charge in [-0.3, -0.25) is 0 Å². The number of allylic oxidation sites excluding steroid dienone is 2. The second-order valence-corrected chi connectivity index (χ2v) is 7.01. The highest BCUT2D eigenvalue weighted by atomic mass is 19.2. The Morgan fingerprint density at radius 1 is 1.31 bits per heavy atom. The lowest BCUT2D eigenvalue weighted by molar-refractivity contribution is -0.00333. The summed E-state index contributed by atoms with van der Waals surface area (Å²) in [6.45, 7) is 11.5. The van der Waals surface area contributed by atoms with E-state index in [0.717, 1.165) is 12.8 Å². The van der Waals surface area contributed by atoms with Crippen molar-refractivity contribution in [1.82, 2.24) is 0 Å². The molecule has 2 heterocycles. The van der Waals surface area contributed by atoms with Crippen molar-refractivity contribution in [2.75, 3.05) is 20.3 Å². The molecular formula is C22H23F3O4. The molecule has 2 atom stereocenters. The van der Waals surface area contributed by atoms with E-state index in [0.29, 0.717) is 12.2 Å². The lowest BCUT2D eigenvalue weighted by Crippen LogP contribution is -2.28. The maximum Gasteiger partial charge on any atom is 0.207 e. The van der Waals surface area contributed by atoms with Gasteiger partial charge in [-0.1, -0.05) is 19.2 Å². The minimum absolute atomic E-state index is 0.0178. The molecule has 0 bridgehead atoms. The van der Waals surface area contributed by atoms with Gasteiger partial charge in [-0.2, -0.15) is 13.2 Å². The van der Waals surface area contributed by atoms with Crippen molar-refractivity contribution in [2.24, 2.45) is 5.92 Å². The zero-order valence-corrected chi connectivity index (χ0v) is 16.2. The smallest absolute Gasteiger partial charge is 0.207 e. The van der Waals surface area contributed by atoms with Gasteiger partial charge in [0.25, 0.3) is 0 Å². The second kappa shape index (κ2) is 8.78. The number of hydrogen-bond acceptors (Lipinski definition) is 4. The molecule has 1 aromatic rings. The van der Waals surface area contributed by atoms with Crippen molar-refractivity contribution >= 4 is 0 Å². The number of ether oxygens (including phenoxy) is 4. The summed E-state index contributed by atoms with van der Waals surface area (Å²) < 4.78 is 64.6. The average molecular weight is 408 g/mol. The van der Waals surface area contributed by atoms with Crippen molar-refractivity contribution in [3.05, 3.63) is 72.0 Å². The number of benzene rings is 1. The SMILES string of the molecule is C=CC1CCC(COc2cc3c(c(F)c2F)O/C(=C(\F)C(=C)OC)C(=C)C3)CO1. The molecule has 0 radical (unpaired) electrons. The van der Waals surface area contributed by atoms with E-state index in [2.05, 4.69) is 19.7 Å². The van der Waals surface area contributed by atoms with E-state index >= 15 is 0 Å². The second-order valence-electron chi connectivity index (χ2n) is 7.01. The Morgan fingerprint density at radius 2 is 2.07 bits per heavy atom. The maximum absolute atomic E-state index is 14.6. The molecule has 0 aliphatic carbocycles. The number of halogens is 3. The Labute approximate surface area is 167 Å². The summed E-state index contributed by atoms with van der Waals surface area (Å²) >= 11 is 0. The van der Waals surface area contributed by atoms with Crippen LogP contribution < -0.4 is 9.47 Å². The molecule has 4 nitrogen and oxygen atoms in total. The fraction of sp³-hybridized carbons (Fsp3) is 0.364. The van der Waals surface area contributed by atoms with Crippen LogP contribution in [-0.4, -0.2) is 26.4 Å². The van der Waals surface area contributed by atoms with Gasteiger partial charge in [-0.05, 0) is 24.5 Å². The zero-order valence-electron chi connectivity index (χ0n) is 16.2. The van der Waals surface area contributed by atoms with Gasteiger partial charge in [0.1, 0.15) is 0 Å². The molecule has 7 heteroatoms. The Kier molecular flexibility index (Phi) is 6.37. The fourth-order valence-corrected chi connectivity index (χ4v) is 3.23. The molecule has 2 aliphatic heterocycles. The van der Waals surface area contributed by atoms with Gasteiger partial charge in [0.15, 0.2) is 23.0 Å². The van der Waals surface area contributed by atoms with Gasteiger partial charge in [0.05, 0.1) is 26.4 Å². The fourth-order valence-electron chi connectivity index (χ4n) is 3.23. The average Bonchev–Trinajstić information content (AvgIpc) is 2.74. The van der Waals surface area contributed by atoms with Crippen LogP contribution in [0.15, 0.2) is 54.8 Å². The number of rotatable bonds is 6. The highest BCUT2D eigenvalue weighted by molar-refractivity contribution is 5.52. The molecule has 3 rings (SSSR count). The van der Waals surface area contributed by atoms with Crippen LogP contribution in [0.25, 0.3) is 0 Å². The Balaban J connectivity index is 1.78. The minimum Gasteiger partial charge on any atom is -0.494 e. The molecular weight excluding hydrogens is 385 g/mol. The Bertz CT molecular complexity index is 867. The molecule has 156 valence electrons. The number of hydrogen-bond donors (Lipinski definition) is 0. The molecule has 0 spiro atoms. The third kappa shape index (κ3) is 4.34. The summed E-state index contributed by atoms with van der Waals surface area (Å²) in [4.78, 5) is 0. The van der Waals surface area contributed by atoms with E-state index in [1.54, 1.807) is 6.08 Å². The van der Waals surface area contributed by atoms with E-state index in [4.69, 9.17) is 18.9 Å². The number of fused-ring (bicyclic) bond motifs is 1. The molecule has 1 saturated heterocycles. The predicted octanol–water partition coefficient (Wildman–Crippen LogP) is 5.16. The van der Waals surface area contributed by atoms with Gasteiger partial charge >= 0.3 is 0 Å². The van der Waals surface area contributed by atoms with Crippen LogP contribution in [0.1, 0.15) is 18.4 Å². The van der Waals surface area contributed by atoms with E-state index in [1.807, 2.05) is 0 Å². The van der Waals surface area contributed by atoms with Crippen molar-refractivity contribution < 1.29 is 32.1 Å². The van der Waals surface area contributed by atoms with Crippen LogP contribution >= 0.6 is 0 Å². The van der Waals surface area contributed by atoms with Crippen molar-refractivity contribution in [2.45, 2.75) is 25.4 Å². The summed E-state index contributed by atoms with van der Waals surface area (Å²) in [5, 5.41) is 0. The molecule has 2 unspecified atom stereocenters. The van der Waals surface area contributed by atoms with Gasteiger partial charge in [-0.15, -0.1) is 6.58 Å². The first-order valence-electron chi connectivity index (χ1n) is 9.22. The summed E-state index contributed by atoms with van der Waals surface area (Å²) in [7, 11) is 1.24. The lowest BCUT2D eigenvalue weighted by Gasteiger charge is -2.27. The van der Waals surface area contributed by atoms with Crippen molar-refractivity contribution in [3.8, 4) is 11.5 Å². The third-order valence-electron chi connectivity index (χ3n) is 4.97. The van der Waals surface area contributed by atoms with E-state index < -0.39 is 23.2 Å². The van der Waals surface area contributed by atoms with Gasteiger partial charge in [0.2, 0.25) is 17.5 Å². The number of methoxy groups -OCH3 is 1. The van der Waals surface area contributed by atoms with Crippen LogP contribution in [0.4, 0.5) is 13.2 Å². The van der Waals surface area contributed by atoms with Gasteiger partial charge in [0, 0.05) is 17.9 Å². The van der Waals surface area contributed by atoms with Crippen LogP contribution in [-0.2, 0) is 15.9 Å². The molecule has 29 heavy (non-hydrogen) atoms. The summed E-state index contributed by atoms with van der Waals surface area (Å²) in [5.41, 5.74) is 0.566. The van der Waals surface area contributed by atoms with Crippen LogP contribution in [0.3, 0.4) is 0 Å². The monoisotopic (exact) mass is 408 g/mol. The first-order valence-corrected chi connectivity index (χ1v) is 9.22. The van der Waals surface area contributed by atoms with Gasteiger partial charge < -0.3 is 18.9 Å². The molecule has 0 amide bonds. The maximum atomic E-state index is 14.6. The molecule has 0 saturated carbocycles. The topological polar surface area (TPSA) is 36.9 Å². The summed E-state index contributed by atoms with van der Waals surface area (Å²) in [6.07, 6.45) is 3.47. The Hall–Kier alpha value is -2.67. The summed E-state index contributed by atoms with van der Waals surface area (Å²) in [6, 6.07) is 1.36. The highest BCUT2D eigenvalue weighted by Gasteiger charge is 2.30. The predicted molar refractivity (Wildman–Crippen MR) is 102 cm³/mol. The molecule has 0 N–H and O–H groups in total. The normalized spacial score (nSPS) is 23.0. The van der Waals surface area contributed by atoms with Crippen molar-refractivity contribution in [1.29, 1.82) is 0 Å². The Morgan fingerprint density at radius 3 is 2.69 bits per heavy atom. The van der Waals surface area contributed by atoms with Crippen LogP contribution in [0, 0.1) is 17.6 Å². The van der Waals surface area contributed by atoms with Gasteiger partial charge in [-0.25, -0.2) is 0 Å². The lowest BCUT2D eigenvalue weighted by atomic mass is 9.98. The zero-order chi connectivity index (χ0) is 21.1. The molecule has 0 aromatic heterocycles. The van der Waals surface area contributed by atoms with E-state index in [-0.39, 0.29) is 47.9 Å². The first-order chi connectivity index (χ1) is 13.8. The summed E-state index contributed by atoms with van der Waals surface area (Å²) in [5.74, 6) is -4.53. The van der Waals surface area contributed by atoms with Crippen LogP contribution in [0.2, 0.25) is 0 Å². The minimum atomic E-state index is -1.25. The van der Waals surface area contributed by atoms with E-state index in [9.17, 15) is 13.2 Å². The molecule has 1 fully saturated rings. The standard InChI is InChI=1S/C22H23F3O4/c1-5-16-7-6-14(10-27-16)11-28-17-9-15-8-12(2)21(18(23)13(3)26-4)29-22(15)20(25)19(17)24/h5,9,14,16H,1-3,6-8,10-11H2,4H3/b21-18-. The third-order valence-corrected chi connectivity index (χ3v) is 4.97. The van der Waals surface area contributed by atoms with Crippen LogP contribution in [0.5, 0.6) is 11.5 Å². The largest absolute Gasteiger partial charge is 0.494 e. The first kappa shape index (κ1) is 21.0. The molecule has 1 aromatic carbocycles.